The maximum atomic E-state index is 12.2. The highest BCUT2D eigenvalue weighted by molar-refractivity contribution is 5.82. The minimum absolute atomic E-state index is 0.314. The second-order valence-electron chi connectivity index (χ2n) is 5.26. The van der Waals surface area contributed by atoms with Crippen molar-refractivity contribution < 1.29 is 19.0 Å². The van der Waals surface area contributed by atoms with Crippen molar-refractivity contribution in [1.29, 1.82) is 0 Å². The number of benzene rings is 1. The number of methoxy groups -OCH3 is 1. The Labute approximate surface area is 125 Å². The summed E-state index contributed by atoms with van der Waals surface area (Å²) in [6, 6.07) is 5.60. The van der Waals surface area contributed by atoms with E-state index in [4.69, 9.17) is 14.2 Å². The molecule has 1 N–H and O–H groups in total. The number of fused-ring (bicyclic) bond motifs is 1. The topological polar surface area (TPSA) is 56.8 Å². The van der Waals surface area contributed by atoms with Crippen LogP contribution in [0.4, 0.5) is 0 Å². The summed E-state index contributed by atoms with van der Waals surface area (Å²) in [5.74, 6) is 1.09. The fourth-order valence-electron chi connectivity index (χ4n) is 2.35. The van der Waals surface area contributed by atoms with Crippen molar-refractivity contribution in [3.05, 3.63) is 23.8 Å². The van der Waals surface area contributed by atoms with E-state index >= 15 is 0 Å². The smallest absolute Gasteiger partial charge is 0.330 e. The molecular weight excluding hydrogens is 270 g/mol. The molecule has 1 unspecified atom stereocenters. The Kier molecular flexibility index (Phi) is 5.07. The molecule has 0 radical (unpaired) electrons. The summed E-state index contributed by atoms with van der Waals surface area (Å²) in [6.07, 6.45) is 1.78. The van der Waals surface area contributed by atoms with Crippen LogP contribution in [0.1, 0.15) is 32.3 Å². The second-order valence-corrected chi connectivity index (χ2v) is 5.26. The average molecular weight is 293 g/mol. The summed E-state index contributed by atoms with van der Waals surface area (Å²) in [5.41, 5.74) is -0.0813. The summed E-state index contributed by atoms with van der Waals surface area (Å²) in [5, 5.41) is 3.26. The molecular formula is C16H23NO4. The maximum Gasteiger partial charge on any atom is 0.330 e. The quantitative estimate of drug-likeness (QED) is 0.844. The highest BCUT2D eigenvalue weighted by Crippen LogP contribution is 2.34. The third-order valence-electron chi connectivity index (χ3n) is 3.65. The Morgan fingerprint density at radius 3 is 2.71 bits per heavy atom. The lowest BCUT2D eigenvalue weighted by Gasteiger charge is -2.29. The van der Waals surface area contributed by atoms with Crippen LogP contribution in [0.2, 0.25) is 0 Å². The van der Waals surface area contributed by atoms with Crippen LogP contribution >= 0.6 is 0 Å². The lowest BCUT2D eigenvalue weighted by Crippen LogP contribution is -2.47. The molecule has 1 atom stereocenters. The minimum Gasteiger partial charge on any atom is -0.490 e. The zero-order valence-corrected chi connectivity index (χ0v) is 12.9. The molecule has 1 aliphatic heterocycles. The zero-order valence-electron chi connectivity index (χ0n) is 12.9. The molecule has 0 fully saturated rings. The van der Waals surface area contributed by atoms with Crippen LogP contribution in [0, 0.1) is 0 Å². The highest BCUT2D eigenvalue weighted by Gasteiger charge is 2.36. The standard InChI is InChI=1S/C16H23NO4/c1-4-8-17-16(2,15(18)19-3)12-6-7-13-14(11-12)21-10-5-9-20-13/h6-7,11,17H,4-5,8-10H2,1-3H3. The first-order valence-electron chi connectivity index (χ1n) is 7.35. The summed E-state index contributed by atoms with van der Waals surface area (Å²) in [6.45, 7) is 5.87. The predicted molar refractivity (Wildman–Crippen MR) is 79.7 cm³/mol. The molecule has 21 heavy (non-hydrogen) atoms. The van der Waals surface area contributed by atoms with Gasteiger partial charge in [-0.25, -0.2) is 4.79 Å². The van der Waals surface area contributed by atoms with E-state index in [-0.39, 0.29) is 5.97 Å². The van der Waals surface area contributed by atoms with E-state index in [9.17, 15) is 4.79 Å². The molecule has 0 saturated carbocycles. The van der Waals surface area contributed by atoms with Gasteiger partial charge in [0.25, 0.3) is 0 Å². The van der Waals surface area contributed by atoms with Crippen LogP contribution in [0.3, 0.4) is 0 Å². The molecule has 0 spiro atoms. The van der Waals surface area contributed by atoms with E-state index in [1.807, 2.05) is 25.1 Å². The Hall–Kier alpha value is -1.75. The van der Waals surface area contributed by atoms with E-state index in [1.54, 1.807) is 0 Å². The number of nitrogens with one attached hydrogen (secondary N) is 1. The first kappa shape index (κ1) is 15.6. The molecule has 1 aromatic carbocycles. The van der Waals surface area contributed by atoms with Gasteiger partial charge in [-0.2, -0.15) is 0 Å². The van der Waals surface area contributed by atoms with Crippen molar-refractivity contribution in [3.8, 4) is 11.5 Å². The van der Waals surface area contributed by atoms with Gasteiger partial charge in [-0.05, 0) is 37.6 Å². The number of hydrogen-bond donors (Lipinski definition) is 1. The van der Waals surface area contributed by atoms with Crippen molar-refractivity contribution >= 4 is 5.97 Å². The monoisotopic (exact) mass is 293 g/mol. The molecule has 0 aliphatic carbocycles. The van der Waals surface area contributed by atoms with E-state index in [1.165, 1.54) is 7.11 Å². The van der Waals surface area contributed by atoms with E-state index < -0.39 is 5.54 Å². The third-order valence-corrected chi connectivity index (χ3v) is 3.65. The molecule has 1 aliphatic rings. The van der Waals surface area contributed by atoms with E-state index in [0.29, 0.717) is 19.0 Å². The Morgan fingerprint density at radius 1 is 1.33 bits per heavy atom. The van der Waals surface area contributed by atoms with E-state index in [0.717, 1.165) is 30.7 Å². The average Bonchev–Trinajstić information content (AvgIpc) is 2.76. The van der Waals surface area contributed by atoms with Crippen LogP contribution in [-0.4, -0.2) is 32.8 Å². The van der Waals surface area contributed by atoms with Crippen LogP contribution in [0.25, 0.3) is 0 Å². The Morgan fingerprint density at radius 2 is 2.05 bits per heavy atom. The van der Waals surface area contributed by atoms with Crippen molar-refractivity contribution in [2.24, 2.45) is 0 Å². The van der Waals surface area contributed by atoms with Crippen molar-refractivity contribution in [2.45, 2.75) is 32.2 Å². The summed E-state index contributed by atoms with van der Waals surface area (Å²) in [7, 11) is 1.40. The van der Waals surface area contributed by atoms with Crippen LogP contribution in [0.5, 0.6) is 11.5 Å². The van der Waals surface area contributed by atoms with Crippen molar-refractivity contribution in [2.75, 3.05) is 26.9 Å². The lowest BCUT2D eigenvalue weighted by atomic mass is 9.91. The second kappa shape index (κ2) is 6.80. The third kappa shape index (κ3) is 3.29. The maximum absolute atomic E-state index is 12.2. The number of hydrogen-bond acceptors (Lipinski definition) is 5. The largest absolute Gasteiger partial charge is 0.490 e. The molecule has 0 amide bonds. The van der Waals surface area contributed by atoms with Gasteiger partial charge in [-0.3, -0.25) is 5.32 Å². The van der Waals surface area contributed by atoms with Gasteiger partial charge in [-0.15, -0.1) is 0 Å². The fraction of sp³-hybridized carbons (Fsp3) is 0.562. The fourth-order valence-corrected chi connectivity index (χ4v) is 2.35. The Balaban J connectivity index is 2.36. The van der Waals surface area contributed by atoms with Gasteiger partial charge in [-0.1, -0.05) is 13.0 Å². The molecule has 116 valence electrons. The number of rotatable bonds is 5. The van der Waals surface area contributed by atoms with Crippen LogP contribution in [0.15, 0.2) is 18.2 Å². The lowest BCUT2D eigenvalue weighted by molar-refractivity contribution is -0.148. The van der Waals surface area contributed by atoms with Gasteiger partial charge in [0, 0.05) is 6.42 Å². The first-order chi connectivity index (χ1) is 10.1. The van der Waals surface area contributed by atoms with Gasteiger partial charge in [0.1, 0.15) is 5.54 Å². The molecule has 5 nitrogen and oxygen atoms in total. The van der Waals surface area contributed by atoms with Crippen LogP contribution in [-0.2, 0) is 15.1 Å². The SMILES string of the molecule is CCCNC(C)(C(=O)OC)c1ccc2c(c1)OCCCO2. The zero-order chi connectivity index (χ0) is 15.3. The molecule has 5 heteroatoms. The van der Waals surface area contributed by atoms with Gasteiger partial charge in [0.15, 0.2) is 11.5 Å². The molecule has 1 aromatic rings. The van der Waals surface area contributed by atoms with Crippen LogP contribution < -0.4 is 14.8 Å². The molecule has 1 heterocycles. The molecule has 2 rings (SSSR count). The molecule has 0 bridgehead atoms. The van der Waals surface area contributed by atoms with Gasteiger partial charge in [0.05, 0.1) is 20.3 Å². The highest BCUT2D eigenvalue weighted by atomic mass is 16.5. The normalized spacial score (nSPS) is 16.7. The molecule has 0 aromatic heterocycles. The van der Waals surface area contributed by atoms with Crippen molar-refractivity contribution in [1.82, 2.24) is 5.32 Å². The van der Waals surface area contributed by atoms with Gasteiger partial charge in [0.2, 0.25) is 0 Å². The van der Waals surface area contributed by atoms with Gasteiger partial charge >= 0.3 is 5.97 Å². The predicted octanol–water partition coefficient (Wildman–Crippen LogP) is 2.24. The van der Waals surface area contributed by atoms with Gasteiger partial charge < -0.3 is 14.2 Å². The Bertz CT molecular complexity index is 503. The van der Waals surface area contributed by atoms with Crippen molar-refractivity contribution in [3.63, 3.8) is 0 Å². The summed E-state index contributed by atoms with van der Waals surface area (Å²) in [4.78, 5) is 12.2. The number of carbonyl (C=O) groups is 1. The number of ether oxygens (including phenoxy) is 3. The summed E-state index contributed by atoms with van der Waals surface area (Å²) < 4.78 is 16.3. The number of carbonyl (C=O) groups excluding carboxylic acids is 1. The minimum atomic E-state index is -0.893. The van der Waals surface area contributed by atoms with E-state index in [2.05, 4.69) is 12.2 Å². The summed E-state index contributed by atoms with van der Waals surface area (Å²) >= 11 is 0. The number of esters is 1. The first-order valence-corrected chi connectivity index (χ1v) is 7.35. The molecule has 0 saturated heterocycles.